The average Bonchev–Trinajstić information content (AvgIpc) is 2.77. The molecule has 0 aromatic carbocycles. The molecule has 14 nitrogen and oxygen atoms in total. The van der Waals surface area contributed by atoms with E-state index in [2.05, 4.69) is 33.5 Å². The van der Waals surface area contributed by atoms with Crippen LogP contribution in [0.2, 0.25) is 0 Å². The zero-order valence-electron chi connectivity index (χ0n) is 22.0. The van der Waals surface area contributed by atoms with Gasteiger partial charge in [0.2, 0.25) is 35.4 Å². The molecule has 0 aromatic heterocycles. The molecular formula is C24H38N6O8. The first-order valence-electron chi connectivity index (χ1n) is 12.5. The first-order chi connectivity index (χ1) is 17.6. The molecule has 0 radical (unpaired) electrons. The standard InChI is InChI=1S/C24H38N6O8/c1-13-4-15-7-23(3,12-24(6-13,8-15)22(25)38)30-19(34)11-27-17(32)9-26-18(33)10-28-21(37)16(5-20(35)36)29-14(2)31/h13,15-16H,4-12H2,1-3H3,(H2,25,38)(H,26,33)(H,27,32)(H,28,37)(H,29,31)(H,30,34)(H,35,36)/t13?,15-,16?,23+,24?/m1/s1. The summed E-state index contributed by atoms with van der Waals surface area (Å²) >= 11 is 0. The first kappa shape index (κ1) is 30.5. The van der Waals surface area contributed by atoms with E-state index in [0.717, 1.165) is 19.8 Å². The van der Waals surface area contributed by atoms with Crippen molar-refractivity contribution < 1.29 is 38.7 Å². The molecule has 6 amide bonds. The number of amides is 6. The fourth-order valence-electron chi connectivity index (χ4n) is 5.96. The highest BCUT2D eigenvalue weighted by atomic mass is 16.4. The predicted molar refractivity (Wildman–Crippen MR) is 133 cm³/mol. The Balaban J connectivity index is 1.75. The van der Waals surface area contributed by atoms with E-state index in [1.807, 2.05) is 6.92 Å². The Labute approximate surface area is 220 Å². The summed E-state index contributed by atoms with van der Waals surface area (Å²) in [5.41, 5.74) is 4.48. The number of aliphatic carboxylic acids is 1. The maximum atomic E-state index is 12.6. The van der Waals surface area contributed by atoms with E-state index >= 15 is 0 Å². The third-order valence-corrected chi connectivity index (χ3v) is 6.97. The van der Waals surface area contributed by atoms with Crippen LogP contribution in [0, 0.1) is 17.3 Å². The van der Waals surface area contributed by atoms with E-state index in [1.165, 1.54) is 0 Å². The highest BCUT2D eigenvalue weighted by molar-refractivity contribution is 5.93. The minimum absolute atomic E-state index is 0.272. The van der Waals surface area contributed by atoms with Crippen LogP contribution in [0.15, 0.2) is 0 Å². The lowest BCUT2D eigenvalue weighted by Crippen LogP contribution is -2.60. The molecule has 0 heterocycles. The molecule has 2 bridgehead atoms. The molecule has 0 aromatic rings. The van der Waals surface area contributed by atoms with Crippen LogP contribution in [-0.4, -0.2) is 77.7 Å². The number of carbonyl (C=O) groups is 7. The van der Waals surface area contributed by atoms with E-state index in [0.29, 0.717) is 25.2 Å². The third kappa shape index (κ3) is 8.99. The van der Waals surface area contributed by atoms with Crippen molar-refractivity contribution in [3.05, 3.63) is 0 Å². The summed E-state index contributed by atoms with van der Waals surface area (Å²) in [6.45, 7) is 3.76. The summed E-state index contributed by atoms with van der Waals surface area (Å²) in [5.74, 6) is -4.30. The van der Waals surface area contributed by atoms with E-state index in [1.54, 1.807) is 0 Å². The lowest BCUT2D eigenvalue weighted by Gasteiger charge is -2.53. The number of carbonyl (C=O) groups excluding carboxylic acids is 6. The van der Waals surface area contributed by atoms with E-state index in [9.17, 15) is 33.6 Å². The zero-order chi connectivity index (χ0) is 28.7. The Hall–Kier alpha value is -3.71. The molecule has 2 fully saturated rings. The van der Waals surface area contributed by atoms with Crippen molar-refractivity contribution in [2.75, 3.05) is 19.6 Å². The number of hydrogen-bond acceptors (Lipinski definition) is 7. The van der Waals surface area contributed by atoms with Gasteiger partial charge in [-0.2, -0.15) is 0 Å². The maximum absolute atomic E-state index is 12.6. The highest BCUT2D eigenvalue weighted by Gasteiger charge is 2.53. The number of nitrogens with one attached hydrogen (secondary N) is 5. The van der Waals surface area contributed by atoms with Gasteiger partial charge >= 0.3 is 5.97 Å². The molecule has 0 aliphatic heterocycles. The maximum Gasteiger partial charge on any atom is 0.305 e. The Morgan fingerprint density at radius 3 is 2.05 bits per heavy atom. The van der Waals surface area contributed by atoms with Crippen LogP contribution in [-0.2, 0) is 33.6 Å². The van der Waals surface area contributed by atoms with Gasteiger partial charge in [-0.3, -0.25) is 33.6 Å². The lowest BCUT2D eigenvalue weighted by molar-refractivity contribution is -0.140. The molecular weight excluding hydrogens is 500 g/mol. The number of primary amides is 1. The summed E-state index contributed by atoms with van der Waals surface area (Å²) in [5, 5.41) is 20.8. The third-order valence-electron chi connectivity index (χ3n) is 6.97. The van der Waals surface area contributed by atoms with Crippen LogP contribution in [0.4, 0.5) is 0 Å². The van der Waals surface area contributed by atoms with Crippen molar-refractivity contribution in [3.63, 3.8) is 0 Å². The number of fused-ring (bicyclic) bond motifs is 2. The van der Waals surface area contributed by atoms with Crippen molar-refractivity contribution >= 4 is 41.4 Å². The number of carboxylic acid groups (broad SMARTS) is 1. The predicted octanol–water partition coefficient (Wildman–Crippen LogP) is -2.11. The fraction of sp³-hybridized carbons (Fsp3) is 0.708. The number of hydrogen-bond donors (Lipinski definition) is 7. The van der Waals surface area contributed by atoms with Gasteiger partial charge in [0.05, 0.1) is 31.5 Å². The van der Waals surface area contributed by atoms with E-state index < -0.39 is 72.0 Å². The molecule has 14 heteroatoms. The van der Waals surface area contributed by atoms with Crippen LogP contribution in [0.3, 0.4) is 0 Å². The Morgan fingerprint density at radius 1 is 0.921 bits per heavy atom. The van der Waals surface area contributed by atoms with Gasteiger partial charge in [-0.05, 0) is 50.9 Å². The molecule has 0 saturated heterocycles. The quantitative estimate of drug-likeness (QED) is 0.145. The monoisotopic (exact) mass is 538 g/mol. The van der Waals surface area contributed by atoms with Gasteiger partial charge in [0, 0.05) is 12.5 Å². The number of nitrogens with two attached hydrogens (primary N) is 1. The molecule has 2 rings (SSSR count). The van der Waals surface area contributed by atoms with Crippen LogP contribution in [0.1, 0.15) is 59.3 Å². The molecule has 5 atom stereocenters. The molecule has 0 spiro atoms. The molecule has 2 aliphatic rings. The average molecular weight is 539 g/mol. The number of carboxylic acids is 1. The molecule has 212 valence electrons. The van der Waals surface area contributed by atoms with Gasteiger partial charge in [-0.25, -0.2) is 0 Å². The minimum Gasteiger partial charge on any atom is -0.481 e. The van der Waals surface area contributed by atoms with E-state index in [4.69, 9.17) is 10.8 Å². The SMILES string of the molecule is CC(=O)NC(CC(=O)O)C(=O)NCC(=O)NCC(=O)NCC(=O)N[C@@]1(C)C[C@H]2CC(C)CC(C(N)=O)(C2)C1. The smallest absolute Gasteiger partial charge is 0.305 e. The van der Waals surface area contributed by atoms with Crippen LogP contribution < -0.4 is 32.3 Å². The van der Waals surface area contributed by atoms with Gasteiger partial charge in [0.1, 0.15) is 6.04 Å². The van der Waals surface area contributed by atoms with Crippen LogP contribution in [0.25, 0.3) is 0 Å². The van der Waals surface area contributed by atoms with Crippen molar-refractivity contribution in [3.8, 4) is 0 Å². The van der Waals surface area contributed by atoms with Gasteiger partial charge < -0.3 is 37.4 Å². The topological polar surface area (TPSA) is 226 Å². The second-order valence-electron chi connectivity index (χ2n) is 10.9. The van der Waals surface area contributed by atoms with Crippen molar-refractivity contribution in [2.45, 2.75) is 70.9 Å². The van der Waals surface area contributed by atoms with Gasteiger partial charge in [0.25, 0.3) is 0 Å². The summed E-state index contributed by atoms with van der Waals surface area (Å²) in [7, 11) is 0. The second kappa shape index (κ2) is 12.7. The molecule has 38 heavy (non-hydrogen) atoms. The summed E-state index contributed by atoms with van der Waals surface area (Å²) in [6, 6.07) is -1.36. The number of rotatable bonds is 12. The van der Waals surface area contributed by atoms with Crippen LogP contribution >= 0.6 is 0 Å². The normalized spacial score (nSPS) is 26.7. The lowest BCUT2D eigenvalue weighted by atomic mass is 9.54. The fourth-order valence-corrected chi connectivity index (χ4v) is 5.96. The van der Waals surface area contributed by atoms with Gasteiger partial charge in [-0.15, -0.1) is 0 Å². The van der Waals surface area contributed by atoms with E-state index in [-0.39, 0.29) is 18.4 Å². The Morgan fingerprint density at radius 2 is 1.50 bits per heavy atom. The van der Waals surface area contributed by atoms with Crippen molar-refractivity contribution in [1.82, 2.24) is 26.6 Å². The summed E-state index contributed by atoms with van der Waals surface area (Å²) < 4.78 is 0. The van der Waals surface area contributed by atoms with Crippen molar-refractivity contribution in [2.24, 2.45) is 23.0 Å². The van der Waals surface area contributed by atoms with Gasteiger partial charge in [-0.1, -0.05) is 6.92 Å². The zero-order valence-corrected chi connectivity index (χ0v) is 22.0. The largest absolute Gasteiger partial charge is 0.481 e. The Kier molecular flexibility index (Phi) is 10.2. The summed E-state index contributed by atoms with van der Waals surface area (Å²) in [4.78, 5) is 82.9. The van der Waals surface area contributed by atoms with Crippen LogP contribution in [0.5, 0.6) is 0 Å². The molecule has 8 N–H and O–H groups in total. The second-order valence-corrected chi connectivity index (χ2v) is 10.9. The van der Waals surface area contributed by atoms with Crippen molar-refractivity contribution in [1.29, 1.82) is 0 Å². The van der Waals surface area contributed by atoms with Gasteiger partial charge in [0.15, 0.2) is 0 Å². The first-order valence-corrected chi connectivity index (χ1v) is 12.5. The molecule has 2 aliphatic carbocycles. The molecule has 2 saturated carbocycles. The summed E-state index contributed by atoms with van der Waals surface area (Å²) in [6.07, 6.45) is 2.86. The highest BCUT2D eigenvalue weighted by Crippen LogP contribution is 2.53. The minimum atomic E-state index is -1.36. The Bertz CT molecular complexity index is 967. The molecule has 3 unspecified atom stereocenters.